The first kappa shape index (κ1) is 17.6. The van der Waals surface area contributed by atoms with Crippen molar-refractivity contribution in [1.82, 2.24) is 15.0 Å². The number of anilines is 2. The number of furan rings is 1. The predicted molar refractivity (Wildman–Crippen MR) is 110 cm³/mol. The lowest BCUT2D eigenvalue weighted by Crippen LogP contribution is -2.37. The van der Waals surface area contributed by atoms with Crippen LogP contribution in [-0.2, 0) is 9.53 Å². The number of amides is 1. The number of morpholine rings is 1. The summed E-state index contributed by atoms with van der Waals surface area (Å²) < 4.78 is 11.6. The van der Waals surface area contributed by atoms with Crippen molar-refractivity contribution in [2.45, 2.75) is 6.92 Å². The minimum absolute atomic E-state index is 0.164. The van der Waals surface area contributed by atoms with Gasteiger partial charge in [-0.1, -0.05) is 12.1 Å². The molecule has 0 atom stereocenters. The van der Waals surface area contributed by atoms with Gasteiger partial charge in [0.2, 0.25) is 5.91 Å². The minimum atomic E-state index is -0.164. The van der Waals surface area contributed by atoms with E-state index in [2.05, 4.69) is 15.2 Å². The molecule has 1 aromatic carbocycles. The zero-order valence-electron chi connectivity index (χ0n) is 15.9. The summed E-state index contributed by atoms with van der Waals surface area (Å²) in [5.74, 6) is 1.65. The van der Waals surface area contributed by atoms with E-state index in [1.807, 2.05) is 30.3 Å². The highest BCUT2D eigenvalue weighted by Crippen LogP contribution is 2.35. The first-order valence-electron chi connectivity index (χ1n) is 9.45. The van der Waals surface area contributed by atoms with Crippen LogP contribution in [0, 0.1) is 0 Å². The molecule has 8 heteroatoms. The second kappa shape index (κ2) is 7.14. The van der Waals surface area contributed by atoms with E-state index in [-0.39, 0.29) is 5.91 Å². The van der Waals surface area contributed by atoms with Crippen LogP contribution in [0.3, 0.4) is 0 Å². The molecule has 146 valence electrons. The van der Waals surface area contributed by atoms with Gasteiger partial charge in [0.05, 0.1) is 13.2 Å². The molecule has 1 aliphatic heterocycles. The predicted octanol–water partition coefficient (Wildman–Crippen LogP) is 3.23. The number of benzene rings is 1. The van der Waals surface area contributed by atoms with Gasteiger partial charge >= 0.3 is 0 Å². The van der Waals surface area contributed by atoms with Crippen LogP contribution in [0.1, 0.15) is 6.92 Å². The van der Waals surface area contributed by atoms with Gasteiger partial charge in [0.15, 0.2) is 17.2 Å². The van der Waals surface area contributed by atoms with E-state index in [9.17, 15) is 4.79 Å². The van der Waals surface area contributed by atoms with Gasteiger partial charge in [-0.2, -0.15) is 0 Å². The third-order valence-corrected chi connectivity index (χ3v) is 4.84. The van der Waals surface area contributed by atoms with Crippen LogP contribution in [-0.4, -0.2) is 47.2 Å². The summed E-state index contributed by atoms with van der Waals surface area (Å²) >= 11 is 0. The zero-order valence-corrected chi connectivity index (χ0v) is 15.9. The maximum atomic E-state index is 11.2. The van der Waals surface area contributed by atoms with E-state index in [0.29, 0.717) is 30.4 Å². The van der Waals surface area contributed by atoms with E-state index in [0.717, 1.165) is 41.0 Å². The van der Waals surface area contributed by atoms with Crippen molar-refractivity contribution in [2.24, 2.45) is 0 Å². The van der Waals surface area contributed by atoms with Gasteiger partial charge in [-0.3, -0.25) is 4.79 Å². The lowest BCUT2D eigenvalue weighted by atomic mass is 10.2. The molecule has 0 saturated carbocycles. The van der Waals surface area contributed by atoms with Crippen molar-refractivity contribution in [3.63, 3.8) is 0 Å². The number of rotatable bonds is 3. The number of aromatic nitrogens is 3. The number of para-hydroxylation sites is 1. The molecule has 1 amide bonds. The molecule has 0 aliphatic carbocycles. The lowest BCUT2D eigenvalue weighted by molar-refractivity contribution is -0.114. The van der Waals surface area contributed by atoms with Crippen LogP contribution < -0.4 is 10.2 Å². The molecule has 3 aromatic heterocycles. The number of ether oxygens (including phenoxy) is 1. The quantitative estimate of drug-likeness (QED) is 0.575. The molecule has 1 fully saturated rings. The second-order valence-electron chi connectivity index (χ2n) is 6.86. The first-order chi connectivity index (χ1) is 14.2. The van der Waals surface area contributed by atoms with Gasteiger partial charge in [0, 0.05) is 37.2 Å². The van der Waals surface area contributed by atoms with Crippen molar-refractivity contribution in [3.8, 4) is 11.4 Å². The van der Waals surface area contributed by atoms with Gasteiger partial charge in [0.25, 0.3) is 0 Å². The smallest absolute Gasteiger partial charge is 0.222 e. The van der Waals surface area contributed by atoms with Gasteiger partial charge in [-0.15, -0.1) is 0 Å². The molecule has 5 rings (SSSR count). The van der Waals surface area contributed by atoms with Crippen molar-refractivity contribution in [1.29, 1.82) is 0 Å². The number of hydrogen-bond donors (Lipinski definition) is 1. The molecule has 0 spiro atoms. The number of hydrogen-bond acceptors (Lipinski definition) is 7. The Labute approximate surface area is 166 Å². The highest BCUT2D eigenvalue weighted by atomic mass is 16.5. The van der Waals surface area contributed by atoms with Crippen LogP contribution in [0.15, 0.2) is 47.0 Å². The number of carbonyl (C=O) groups excluding carboxylic acids is 1. The molecule has 0 bridgehead atoms. The molecule has 8 nitrogen and oxygen atoms in total. The number of carbonyl (C=O) groups is 1. The summed E-state index contributed by atoms with van der Waals surface area (Å²) in [7, 11) is 0. The minimum Gasteiger partial charge on any atom is -0.450 e. The first-order valence-corrected chi connectivity index (χ1v) is 9.45. The van der Waals surface area contributed by atoms with Crippen LogP contribution in [0.4, 0.5) is 11.6 Å². The van der Waals surface area contributed by atoms with Crippen LogP contribution in [0.2, 0.25) is 0 Å². The fourth-order valence-corrected chi connectivity index (χ4v) is 3.48. The fraction of sp³-hybridized carbons (Fsp3) is 0.238. The maximum Gasteiger partial charge on any atom is 0.222 e. The average molecular weight is 389 g/mol. The van der Waals surface area contributed by atoms with Crippen molar-refractivity contribution in [2.75, 3.05) is 36.5 Å². The molecule has 4 heterocycles. The standard InChI is InChI=1S/C21H19N5O3/c1-13(27)23-17-7-6-14(12-22-17)20-24-18-15-4-2-3-5-16(15)29-19(18)21(25-20)26-8-10-28-11-9-26/h2-7,12H,8-11H2,1H3,(H,22,23,27). The monoisotopic (exact) mass is 389 g/mol. The summed E-state index contributed by atoms with van der Waals surface area (Å²) in [5, 5.41) is 3.62. The molecular formula is C21H19N5O3. The Morgan fingerprint density at radius 2 is 1.93 bits per heavy atom. The summed E-state index contributed by atoms with van der Waals surface area (Å²) in [6.45, 7) is 4.22. The third-order valence-electron chi connectivity index (χ3n) is 4.84. The summed E-state index contributed by atoms with van der Waals surface area (Å²) in [4.78, 5) is 27.3. The van der Waals surface area contributed by atoms with E-state index in [1.165, 1.54) is 6.92 Å². The largest absolute Gasteiger partial charge is 0.450 e. The Kier molecular flexibility index (Phi) is 4.33. The summed E-state index contributed by atoms with van der Waals surface area (Å²) in [6.07, 6.45) is 1.66. The Bertz CT molecular complexity index is 1200. The normalized spacial score (nSPS) is 14.4. The second-order valence-corrected chi connectivity index (χ2v) is 6.86. The third kappa shape index (κ3) is 3.27. The molecule has 0 unspecified atom stereocenters. The molecular weight excluding hydrogens is 370 g/mol. The topological polar surface area (TPSA) is 93.4 Å². The Hall–Kier alpha value is -3.52. The van der Waals surface area contributed by atoms with Crippen LogP contribution >= 0.6 is 0 Å². The van der Waals surface area contributed by atoms with E-state index in [4.69, 9.17) is 19.1 Å². The van der Waals surface area contributed by atoms with E-state index < -0.39 is 0 Å². The molecule has 0 radical (unpaired) electrons. The molecule has 1 aliphatic rings. The van der Waals surface area contributed by atoms with E-state index in [1.54, 1.807) is 12.3 Å². The maximum absolute atomic E-state index is 11.2. The Morgan fingerprint density at radius 1 is 1.10 bits per heavy atom. The average Bonchev–Trinajstić information content (AvgIpc) is 3.12. The van der Waals surface area contributed by atoms with E-state index >= 15 is 0 Å². The highest BCUT2D eigenvalue weighted by molar-refractivity contribution is 6.06. The number of pyridine rings is 1. The van der Waals surface area contributed by atoms with Crippen molar-refractivity contribution in [3.05, 3.63) is 42.6 Å². The summed E-state index contributed by atoms with van der Waals surface area (Å²) in [6, 6.07) is 11.4. The lowest BCUT2D eigenvalue weighted by Gasteiger charge is -2.27. The van der Waals surface area contributed by atoms with Gasteiger partial charge in [-0.25, -0.2) is 15.0 Å². The van der Waals surface area contributed by atoms with Crippen molar-refractivity contribution < 1.29 is 13.9 Å². The molecule has 1 N–H and O–H groups in total. The number of nitrogens with one attached hydrogen (secondary N) is 1. The molecule has 4 aromatic rings. The van der Waals surface area contributed by atoms with Crippen LogP contribution in [0.25, 0.3) is 33.5 Å². The highest BCUT2D eigenvalue weighted by Gasteiger charge is 2.22. The molecule has 29 heavy (non-hydrogen) atoms. The Balaban J connectivity index is 1.67. The molecule has 1 saturated heterocycles. The summed E-state index contributed by atoms with van der Waals surface area (Å²) in [5.41, 5.74) is 3.00. The number of fused-ring (bicyclic) bond motifs is 3. The number of nitrogens with zero attached hydrogens (tertiary/aromatic N) is 4. The van der Waals surface area contributed by atoms with Gasteiger partial charge in [0.1, 0.15) is 16.9 Å². The fourth-order valence-electron chi connectivity index (χ4n) is 3.48. The van der Waals surface area contributed by atoms with Crippen LogP contribution in [0.5, 0.6) is 0 Å². The zero-order chi connectivity index (χ0) is 19.8. The van der Waals surface area contributed by atoms with Crippen molar-refractivity contribution >= 4 is 39.6 Å². The Morgan fingerprint density at radius 3 is 2.69 bits per heavy atom. The van der Waals surface area contributed by atoms with Gasteiger partial charge in [-0.05, 0) is 24.3 Å². The SMILES string of the molecule is CC(=O)Nc1ccc(-c2nc(N3CCOCC3)c3oc4ccccc4c3n2)cn1. The van der Waals surface area contributed by atoms with Gasteiger partial charge < -0.3 is 19.4 Å².